The number of amides is 1. The van der Waals surface area contributed by atoms with E-state index in [-0.39, 0.29) is 11.4 Å². The predicted octanol–water partition coefficient (Wildman–Crippen LogP) is 1.59. The van der Waals surface area contributed by atoms with Crippen LogP contribution in [0.4, 0.5) is 5.82 Å². The van der Waals surface area contributed by atoms with Gasteiger partial charge < -0.3 is 10.6 Å². The number of nitrogens with one attached hydrogen (secondary N) is 2. The van der Waals surface area contributed by atoms with E-state index < -0.39 is 0 Å². The van der Waals surface area contributed by atoms with Gasteiger partial charge in [0.15, 0.2) is 0 Å². The van der Waals surface area contributed by atoms with Gasteiger partial charge in [0.25, 0.3) is 0 Å². The van der Waals surface area contributed by atoms with Crippen molar-refractivity contribution in [3.8, 4) is 0 Å². The zero-order valence-corrected chi connectivity index (χ0v) is 11.4. The topological polar surface area (TPSA) is 59.0 Å². The fourth-order valence-corrected chi connectivity index (χ4v) is 2.72. The Bertz CT molecular complexity index is 432. The van der Waals surface area contributed by atoms with E-state index in [2.05, 4.69) is 22.7 Å². The molecule has 1 unspecified atom stereocenters. The third kappa shape index (κ3) is 2.41. The number of aryl methyl sites for hydroxylation is 2. The van der Waals surface area contributed by atoms with Crippen LogP contribution in [0.3, 0.4) is 0 Å². The number of rotatable bonds is 4. The van der Waals surface area contributed by atoms with Crippen molar-refractivity contribution in [2.75, 3.05) is 11.9 Å². The molecule has 0 saturated carbocycles. The molecule has 18 heavy (non-hydrogen) atoms. The fraction of sp³-hybridized carbons (Fsp3) is 0.692. The highest BCUT2D eigenvalue weighted by Gasteiger charge is 2.40. The molecule has 1 aliphatic rings. The van der Waals surface area contributed by atoms with Crippen LogP contribution < -0.4 is 10.6 Å². The van der Waals surface area contributed by atoms with Gasteiger partial charge in [-0.15, -0.1) is 0 Å². The van der Waals surface area contributed by atoms with Crippen LogP contribution in [0.25, 0.3) is 0 Å². The Balaban J connectivity index is 2.12. The van der Waals surface area contributed by atoms with Crippen molar-refractivity contribution >= 4 is 11.7 Å². The average Bonchev–Trinajstić information content (AvgIpc) is 2.88. The molecule has 1 aromatic rings. The van der Waals surface area contributed by atoms with Gasteiger partial charge in [0, 0.05) is 13.1 Å². The van der Waals surface area contributed by atoms with Crippen LogP contribution in [-0.2, 0) is 11.8 Å². The monoisotopic (exact) mass is 250 g/mol. The van der Waals surface area contributed by atoms with E-state index >= 15 is 0 Å². The zero-order valence-electron chi connectivity index (χ0n) is 11.4. The van der Waals surface area contributed by atoms with Crippen molar-refractivity contribution in [2.45, 2.75) is 45.1 Å². The van der Waals surface area contributed by atoms with Crippen molar-refractivity contribution in [3.05, 3.63) is 11.8 Å². The fourth-order valence-electron chi connectivity index (χ4n) is 2.72. The van der Waals surface area contributed by atoms with Crippen LogP contribution in [0.2, 0.25) is 0 Å². The van der Waals surface area contributed by atoms with Crippen LogP contribution in [0.1, 0.15) is 38.3 Å². The third-order valence-electron chi connectivity index (χ3n) is 3.60. The maximum atomic E-state index is 12.5. The lowest BCUT2D eigenvalue weighted by atomic mass is 9.91. The Morgan fingerprint density at radius 3 is 2.94 bits per heavy atom. The summed E-state index contributed by atoms with van der Waals surface area (Å²) in [4.78, 5) is 12.5. The summed E-state index contributed by atoms with van der Waals surface area (Å²) >= 11 is 0. The molecule has 0 spiro atoms. The minimum Gasteiger partial charge on any atom is -0.309 e. The number of nitrogens with zero attached hydrogens (tertiary/aromatic N) is 2. The second-order valence-corrected chi connectivity index (χ2v) is 5.11. The standard InChI is InChI=1S/C13H22N4O/c1-4-6-13(7-5-8-14-13)12(18)15-11-9-10(2)16-17(11)3/h9,14H,4-8H2,1-3H3,(H,15,18). The first kappa shape index (κ1) is 13.1. The van der Waals surface area contributed by atoms with Gasteiger partial charge in [0.2, 0.25) is 5.91 Å². The van der Waals surface area contributed by atoms with Crippen LogP contribution in [0.5, 0.6) is 0 Å². The highest BCUT2D eigenvalue weighted by molar-refractivity contribution is 5.97. The van der Waals surface area contributed by atoms with E-state index in [9.17, 15) is 4.79 Å². The smallest absolute Gasteiger partial charge is 0.245 e. The largest absolute Gasteiger partial charge is 0.309 e. The number of hydrogen-bond acceptors (Lipinski definition) is 3. The lowest BCUT2D eigenvalue weighted by Gasteiger charge is -2.27. The lowest BCUT2D eigenvalue weighted by molar-refractivity contribution is -0.122. The predicted molar refractivity (Wildman–Crippen MR) is 71.5 cm³/mol. The van der Waals surface area contributed by atoms with Gasteiger partial charge in [-0.3, -0.25) is 9.48 Å². The van der Waals surface area contributed by atoms with Crippen LogP contribution in [0, 0.1) is 6.92 Å². The summed E-state index contributed by atoms with van der Waals surface area (Å²) in [6.45, 7) is 4.96. The molecule has 5 nitrogen and oxygen atoms in total. The quantitative estimate of drug-likeness (QED) is 0.853. The molecule has 100 valence electrons. The molecule has 0 radical (unpaired) electrons. The van der Waals surface area contributed by atoms with E-state index in [0.717, 1.165) is 43.7 Å². The van der Waals surface area contributed by atoms with Gasteiger partial charge in [-0.25, -0.2) is 0 Å². The Morgan fingerprint density at radius 1 is 1.67 bits per heavy atom. The summed E-state index contributed by atoms with van der Waals surface area (Å²) in [5.74, 6) is 0.839. The summed E-state index contributed by atoms with van der Waals surface area (Å²) < 4.78 is 1.71. The number of hydrogen-bond donors (Lipinski definition) is 2. The van der Waals surface area contributed by atoms with Crippen LogP contribution >= 0.6 is 0 Å². The van der Waals surface area contributed by atoms with Crippen molar-refractivity contribution in [1.29, 1.82) is 0 Å². The van der Waals surface area contributed by atoms with Gasteiger partial charge in [-0.1, -0.05) is 13.3 Å². The number of anilines is 1. The Morgan fingerprint density at radius 2 is 2.44 bits per heavy atom. The minimum absolute atomic E-state index is 0.0739. The van der Waals surface area contributed by atoms with E-state index in [1.165, 1.54) is 0 Å². The van der Waals surface area contributed by atoms with Crippen molar-refractivity contribution in [2.24, 2.45) is 7.05 Å². The van der Waals surface area contributed by atoms with Gasteiger partial charge in [-0.05, 0) is 32.7 Å². The van der Waals surface area contributed by atoms with E-state index in [0.29, 0.717) is 0 Å². The maximum absolute atomic E-state index is 12.5. The molecule has 1 aliphatic heterocycles. The molecule has 2 N–H and O–H groups in total. The molecule has 1 amide bonds. The summed E-state index contributed by atoms with van der Waals surface area (Å²) in [6, 6.07) is 1.90. The SMILES string of the molecule is CCCC1(C(=O)Nc2cc(C)nn2C)CCCN1. The molecule has 1 saturated heterocycles. The molecule has 0 aromatic carbocycles. The average molecular weight is 250 g/mol. The zero-order chi connectivity index (χ0) is 13.2. The summed E-state index contributed by atoms with van der Waals surface area (Å²) in [5.41, 5.74) is 0.532. The first-order valence-electron chi connectivity index (χ1n) is 6.64. The van der Waals surface area contributed by atoms with E-state index in [4.69, 9.17) is 0 Å². The summed E-state index contributed by atoms with van der Waals surface area (Å²) in [5, 5.41) is 10.6. The minimum atomic E-state index is -0.382. The van der Waals surface area contributed by atoms with Crippen LogP contribution in [-0.4, -0.2) is 27.8 Å². The maximum Gasteiger partial charge on any atom is 0.245 e. The summed E-state index contributed by atoms with van der Waals surface area (Å²) in [7, 11) is 1.84. The normalized spacial score (nSPS) is 23.3. The molecule has 2 heterocycles. The molecular weight excluding hydrogens is 228 g/mol. The molecular formula is C13H22N4O. The first-order valence-corrected chi connectivity index (χ1v) is 6.64. The second-order valence-electron chi connectivity index (χ2n) is 5.11. The Labute approximate surface area is 108 Å². The number of carbonyl (C=O) groups excluding carboxylic acids is 1. The van der Waals surface area contributed by atoms with Crippen molar-refractivity contribution in [3.63, 3.8) is 0 Å². The molecule has 0 bridgehead atoms. The summed E-state index contributed by atoms with van der Waals surface area (Å²) in [6.07, 6.45) is 3.88. The van der Waals surface area contributed by atoms with Gasteiger partial charge >= 0.3 is 0 Å². The van der Waals surface area contributed by atoms with E-state index in [1.54, 1.807) is 4.68 Å². The van der Waals surface area contributed by atoms with Crippen LogP contribution in [0.15, 0.2) is 6.07 Å². The van der Waals surface area contributed by atoms with Gasteiger partial charge in [0.05, 0.1) is 11.2 Å². The lowest BCUT2D eigenvalue weighted by Crippen LogP contribution is -2.50. The highest BCUT2D eigenvalue weighted by atomic mass is 16.2. The Kier molecular flexibility index (Phi) is 3.71. The molecule has 0 aliphatic carbocycles. The van der Waals surface area contributed by atoms with Gasteiger partial charge in [-0.2, -0.15) is 5.10 Å². The third-order valence-corrected chi connectivity index (χ3v) is 3.60. The Hall–Kier alpha value is -1.36. The van der Waals surface area contributed by atoms with Crippen molar-refractivity contribution < 1.29 is 4.79 Å². The molecule has 1 fully saturated rings. The number of aromatic nitrogens is 2. The molecule has 1 aromatic heterocycles. The molecule has 2 rings (SSSR count). The number of carbonyl (C=O) groups is 1. The van der Waals surface area contributed by atoms with Gasteiger partial charge in [0.1, 0.15) is 5.82 Å². The van der Waals surface area contributed by atoms with Crippen molar-refractivity contribution in [1.82, 2.24) is 15.1 Å². The second kappa shape index (κ2) is 5.10. The molecule has 5 heteroatoms. The first-order chi connectivity index (χ1) is 8.57. The highest BCUT2D eigenvalue weighted by Crippen LogP contribution is 2.26. The van der Waals surface area contributed by atoms with E-state index in [1.807, 2.05) is 20.0 Å². The molecule has 1 atom stereocenters.